The van der Waals surface area contributed by atoms with Crippen LogP contribution in [0.25, 0.3) is 11.0 Å². The maximum atomic E-state index is 12.1. The van der Waals surface area contributed by atoms with Crippen LogP contribution in [0.5, 0.6) is 5.75 Å². The summed E-state index contributed by atoms with van der Waals surface area (Å²) >= 11 is 0. The van der Waals surface area contributed by atoms with Gasteiger partial charge in [-0.1, -0.05) is 11.6 Å². The monoisotopic (exact) mass is 354 g/mol. The van der Waals surface area contributed by atoms with E-state index in [0.717, 1.165) is 10.9 Å². The van der Waals surface area contributed by atoms with Gasteiger partial charge in [0.1, 0.15) is 17.9 Å². The van der Waals surface area contributed by atoms with Gasteiger partial charge >= 0.3 is 0 Å². The van der Waals surface area contributed by atoms with E-state index in [1.807, 2.05) is 25.1 Å². The molecular formula is C19H18N2O5. The molecule has 7 heteroatoms. The number of ether oxygens (including phenoxy) is 1. The smallest absolute Gasteiger partial charge is 0.287 e. The van der Waals surface area contributed by atoms with E-state index in [1.165, 1.54) is 12.1 Å². The van der Waals surface area contributed by atoms with E-state index >= 15 is 0 Å². The van der Waals surface area contributed by atoms with E-state index in [9.17, 15) is 9.59 Å². The number of aryl methyl sites for hydroxylation is 1. The zero-order chi connectivity index (χ0) is 18.5. The van der Waals surface area contributed by atoms with Crippen molar-refractivity contribution in [1.29, 1.82) is 0 Å². The lowest BCUT2D eigenvalue weighted by molar-refractivity contribution is 0.0706. The third-order valence-corrected chi connectivity index (χ3v) is 3.77. The number of benzene rings is 2. The van der Waals surface area contributed by atoms with Crippen molar-refractivity contribution in [3.8, 4) is 5.75 Å². The van der Waals surface area contributed by atoms with Crippen molar-refractivity contribution in [2.75, 3.05) is 13.2 Å². The summed E-state index contributed by atoms with van der Waals surface area (Å²) in [6, 6.07) is 13.7. The highest BCUT2D eigenvalue weighted by atomic mass is 16.5. The predicted molar refractivity (Wildman–Crippen MR) is 94.5 cm³/mol. The molecule has 0 saturated heterocycles. The highest BCUT2D eigenvalue weighted by molar-refractivity contribution is 5.96. The van der Waals surface area contributed by atoms with E-state index in [2.05, 4.69) is 5.32 Å². The molecule has 3 N–H and O–H groups in total. The average Bonchev–Trinajstić information content (AvgIpc) is 3.08. The van der Waals surface area contributed by atoms with E-state index in [4.69, 9.17) is 14.4 Å². The molecule has 26 heavy (non-hydrogen) atoms. The quantitative estimate of drug-likeness (QED) is 0.359. The highest BCUT2D eigenvalue weighted by Crippen LogP contribution is 2.20. The van der Waals surface area contributed by atoms with Gasteiger partial charge in [-0.25, -0.2) is 5.48 Å². The Kier molecular flexibility index (Phi) is 5.19. The molecule has 2 amide bonds. The summed E-state index contributed by atoms with van der Waals surface area (Å²) in [5, 5.41) is 12.2. The van der Waals surface area contributed by atoms with Gasteiger partial charge in [0.25, 0.3) is 11.8 Å². The van der Waals surface area contributed by atoms with Crippen molar-refractivity contribution >= 4 is 22.8 Å². The Labute approximate surface area is 149 Å². The Morgan fingerprint density at radius 1 is 1.08 bits per heavy atom. The molecule has 0 unspecified atom stereocenters. The molecule has 0 bridgehead atoms. The number of hydroxylamine groups is 1. The van der Waals surface area contributed by atoms with Crippen LogP contribution in [-0.4, -0.2) is 30.2 Å². The fourth-order valence-corrected chi connectivity index (χ4v) is 2.46. The van der Waals surface area contributed by atoms with Gasteiger partial charge in [0, 0.05) is 10.9 Å². The second kappa shape index (κ2) is 7.71. The summed E-state index contributed by atoms with van der Waals surface area (Å²) in [7, 11) is 0. The lowest BCUT2D eigenvalue weighted by Crippen LogP contribution is -2.27. The average molecular weight is 354 g/mol. The maximum Gasteiger partial charge on any atom is 0.287 e. The number of hydrogen-bond donors (Lipinski definition) is 3. The van der Waals surface area contributed by atoms with Crippen molar-refractivity contribution in [2.45, 2.75) is 6.92 Å². The van der Waals surface area contributed by atoms with Crippen molar-refractivity contribution in [3.63, 3.8) is 0 Å². The maximum absolute atomic E-state index is 12.1. The molecule has 1 heterocycles. The lowest BCUT2D eigenvalue weighted by Gasteiger charge is -2.07. The number of hydrogen-bond acceptors (Lipinski definition) is 5. The minimum atomic E-state index is -0.593. The summed E-state index contributed by atoms with van der Waals surface area (Å²) in [6.07, 6.45) is 0. The standard InChI is InChI=1S/C19H18N2O5/c1-12-2-7-16-14(10-12)11-17(26-16)19(23)20-8-9-25-15-5-3-13(4-6-15)18(22)21-24/h2-7,10-11,24H,8-9H2,1H3,(H,20,23)(H,21,22). The van der Waals surface area contributed by atoms with Gasteiger partial charge in [-0.15, -0.1) is 0 Å². The Hall–Kier alpha value is -3.32. The third kappa shape index (κ3) is 4.01. The number of carbonyl (C=O) groups is 2. The molecule has 0 saturated carbocycles. The van der Waals surface area contributed by atoms with Gasteiger partial charge in [-0.2, -0.15) is 0 Å². The first kappa shape index (κ1) is 17.5. The Morgan fingerprint density at radius 3 is 2.58 bits per heavy atom. The molecule has 1 aromatic heterocycles. The van der Waals surface area contributed by atoms with E-state index in [-0.39, 0.29) is 18.3 Å². The summed E-state index contributed by atoms with van der Waals surface area (Å²) in [5.74, 6) is -0.0971. The molecule has 7 nitrogen and oxygen atoms in total. The molecule has 3 aromatic rings. The third-order valence-electron chi connectivity index (χ3n) is 3.77. The minimum absolute atomic E-state index is 0.255. The molecule has 0 aliphatic rings. The molecule has 0 aliphatic carbocycles. The summed E-state index contributed by atoms with van der Waals surface area (Å²) in [6.45, 7) is 2.54. The van der Waals surface area contributed by atoms with E-state index < -0.39 is 5.91 Å². The molecule has 0 fully saturated rings. The molecule has 0 atom stereocenters. The van der Waals surface area contributed by atoms with Crippen LogP contribution in [0.4, 0.5) is 0 Å². The summed E-state index contributed by atoms with van der Waals surface area (Å²) in [4.78, 5) is 23.4. The summed E-state index contributed by atoms with van der Waals surface area (Å²) in [5.41, 5.74) is 3.64. The van der Waals surface area contributed by atoms with Crippen molar-refractivity contribution < 1.29 is 24.0 Å². The molecule has 2 aromatic carbocycles. The number of amides is 2. The molecule has 0 spiro atoms. The second-order valence-corrected chi connectivity index (χ2v) is 5.72. The van der Waals surface area contributed by atoms with Crippen LogP contribution in [0.3, 0.4) is 0 Å². The first-order chi connectivity index (χ1) is 12.6. The number of carbonyl (C=O) groups excluding carboxylic acids is 2. The van der Waals surface area contributed by atoms with Crippen LogP contribution < -0.4 is 15.5 Å². The van der Waals surface area contributed by atoms with Gasteiger partial charge in [0.15, 0.2) is 5.76 Å². The largest absolute Gasteiger partial charge is 0.492 e. The zero-order valence-corrected chi connectivity index (χ0v) is 14.1. The van der Waals surface area contributed by atoms with Gasteiger partial charge in [-0.3, -0.25) is 14.8 Å². The number of furan rings is 1. The normalized spacial score (nSPS) is 10.5. The first-order valence-electron chi connectivity index (χ1n) is 8.02. The van der Waals surface area contributed by atoms with Crippen LogP contribution in [0.1, 0.15) is 26.5 Å². The molecular weight excluding hydrogens is 336 g/mol. The van der Waals surface area contributed by atoms with Crippen molar-refractivity contribution in [3.05, 3.63) is 65.4 Å². The lowest BCUT2D eigenvalue weighted by atomic mass is 10.2. The van der Waals surface area contributed by atoms with Crippen LogP contribution >= 0.6 is 0 Å². The fraction of sp³-hybridized carbons (Fsp3) is 0.158. The van der Waals surface area contributed by atoms with Crippen LogP contribution in [0.2, 0.25) is 0 Å². The summed E-state index contributed by atoms with van der Waals surface area (Å²) < 4.78 is 11.0. The van der Waals surface area contributed by atoms with Gasteiger partial charge in [0.05, 0.1) is 6.54 Å². The fourth-order valence-electron chi connectivity index (χ4n) is 2.46. The van der Waals surface area contributed by atoms with Gasteiger partial charge in [0.2, 0.25) is 0 Å². The van der Waals surface area contributed by atoms with Crippen LogP contribution in [0.15, 0.2) is 52.9 Å². The molecule has 3 rings (SSSR count). The van der Waals surface area contributed by atoms with Crippen molar-refractivity contribution in [1.82, 2.24) is 10.8 Å². The number of fused-ring (bicyclic) bond motifs is 1. The molecule has 0 aliphatic heterocycles. The van der Waals surface area contributed by atoms with Crippen LogP contribution in [0, 0.1) is 6.92 Å². The minimum Gasteiger partial charge on any atom is -0.492 e. The second-order valence-electron chi connectivity index (χ2n) is 5.72. The van der Waals surface area contributed by atoms with Gasteiger partial charge < -0.3 is 14.5 Å². The van der Waals surface area contributed by atoms with Crippen molar-refractivity contribution in [2.24, 2.45) is 0 Å². The highest BCUT2D eigenvalue weighted by Gasteiger charge is 2.12. The van der Waals surface area contributed by atoms with Gasteiger partial charge in [-0.05, 0) is 49.4 Å². The Bertz CT molecular complexity index is 931. The predicted octanol–water partition coefficient (Wildman–Crippen LogP) is 2.67. The Morgan fingerprint density at radius 2 is 1.85 bits per heavy atom. The van der Waals surface area contributed by atoms with Crippen LogP contribution in [-0.2, 0) is 0 Å². The molecule has 134 valence electrons. The topological polar surface area (TPSA) is 101 Å². The SMILES string of the molecule is Cc1ccc2oc(C(=O)NCCOc3ccc(C(=O)NO)cc3)cc2c1. The molecule has 0 radical (unpaired) electrons. The van der Waals surface area contributed by atoms with E-state index in [0.29, 0.717) is 23.4 Å². The Balaban J connectivity index is 1.49. The van der Waals surface area contributed by atoms with E-state index in [1.54, 1.807) is 23.7 Å². The first-order valence-corrected chi connectivity index (χ1v) is 8.02. The number of rotatable bonds is 6. The number of nitrogens with one attached hydrogen (secondary N) is 2. The zero-order valence-electron chi connectivity index (χ0n) is 14.1.